The maximum absolute atomic E-state index is 11.7. The molecule has 0 aromatic heterocycles. The van der Waals surface area contributed by atoms with Crippen LogP contribution in [-0.4, -0.2) is 38.3 Å². The van der Waals surface area contributed by atoms with Crippen molar-refractivity contribution in [1.29, 1.82) is 0 Å². The van der Waals surface area contributed by atoms with E-state index in [2.05, 4.69) is 34.7 Å². The van der Waals surface area contributed by atoms with Gasteiger partial charge in [-0.2, -0.15) is 0 Å². The van der Waals surface area contributed by atoms with E-state index < -0.39 is 0 Å². The van der Waals surface area contributed by atoms with Crippen LogP contribution in [0.2, 0.25) is 0 Å². The molecule has 6 heteroatoms. The Kier molecular flexibility index (Phi) is 7.41. The highest BCUT2D eigenvalue weighted by atomic mass is 32.1. The summed E-state index contributed by atoms with van der Waals surface area (Å²) in [6, 6.07) is 15.6. The SMILES string of the molecule is COC(=O)c1ccc(C)c(NC(=S)NCCCN(C)c2ccccc2)c1. The van der Waals surface area contributed by atoms with Crippen molar-refractivity contribution in [3.63, 3.8) is 0 Å². The number of anilines is 2. The first-order valence-electron chi connectivity index (χ1n) is 8.51. The van der Waals surface area contributed by atoms with Crippen LogP contribution in [0, 0.1) is 6.92 Å². The number of carbonyl (C=O) groups is 1. The van der Waals surface area contributed by atoms with Gasteiger partial charge in [0.15, 0.2) is 5.11 Å². The second-order valence-corrected chi connectivity index (χ2v) is 6.42. The molecule has 0 radical (unpaired) electrons. The van der Waals surface area contributed by atoms with Gasteiger partial charge in [-0.15, -0.1) is 0 Å². The standard InChI is InChI=1S/C20H25N3O2S/c1-15-10-11-16(19(24)25-3)14-18(15)22-20(26)21-12-7-13-23(2)17-8-5-4-6-9-17/h4-6,8-11,14H,7,12-13H2,1-3H3,(H2,21,22,26). The smallest absolute Gasteiger partial charge is 0.337 e. The van der Waals surface area contributed by atoms with Crippen LogP contribution in [0.1, 0.15) is 22.3 Å². The number of ether oxygens (including phenoxy) is 1. The summed E-state index contributed by atoms with van der Waals surface area (Å²) in [6.07, 6.45) is 0.953. The van der Waals surface area contributed by atoms with Crippen molar-refractivity contribution < 1.29 is 9.53 Å². The zero-order valence-corrected chi connectivity index (χ0v) is 16.2. The normalized spacial score (nSPS) is 10.1. The van der Waals surface area contributed by atoms with Gasteiger partial charge >= 0.3 is 5.97 Å². The monoisotopic (exact) mass is 371 g/mol. The number of hydrogen-bond acceptors (Lipinski definition) is 4. The number of para-hydroxylation sites is 1. The number of nitrogens with one attached hydrogen (secondary N) is 2. The molecule has 2 aromatic carbocycles. The lowest BCUT2D eigenvalue weighted by Crippen LogP contribution is -2.31. The van der Waals surface area contributed by atoms with Crippen LogP contribution in [0.25, 0.3) is 0 Å². The van der Waals surface area contributed by atoms with Gasteiger partial charge < -0.3 is 20.3 Å². The Hall–Kier alpha value is -2.60. The third-order valence-electron chi connectivity index (χ3n) is 4.06. The largest absolute Gasteiger partial charge is 0.465 e. The van der Waals surface area contributed by atoms with E-state index in [1.54, 1.807) is 12.1 Å². The molecular formula is C20H25N3O2S. The quantitative estimate of drug-likeness (QED) is 0.441. The maximum atomic E-state index is 11.7. The van der Waals surface area contributed by atoms with Crippen molar-refractivity contribution in [2.24, 2.45) is 0 Å². The molecule has 0 spiro atoms. The first-order chi connectivity index (χ1) is 12.5. The molecule has 0 fully saturated rings. The first kappa shape index (κ1) is 19.7. The van der Waals surface area contributed by atoms with Gasteiger partial charge in [0.2, 0.25) is 0 Å². The Balaban J connectivity index is 1.79. The molecule has 0 atom stereocenters. The molecule has 26 heavy (non-hydrogen) atoms. The predicted molar refractivity (Wildman–Crippen MR) is 111 cm³/mol. The van der Waals surface area contributed by atoms with Crippen LogP contribution in [0.3, 0.4) is 0 Å². The minimum absolute atomic E-state index is 0.365. The summed E-state index contributed by atoms with van der Waals surface area (Å²) in [5.74, 6) is -0.365. The minimum atomic E-state index is -0.365. The van der Waals surface area contributed by atoms with Crippen LogP contribution < -0.4 is 15.5 Å². The Bertz CT molecular complexity index is 750. The van der Waals surface area contributed by atoms with E-state index in [0.29, 0.717) is 10.7 Å². The van der Waals surface area contributed by atoms with Gasteiger partial charge in [-0.05, 0) is 55.4 Å². The van der Waals surface area contributed by atoms with E-state index in [1.807, 2.05) is 31.2 Å². The van der Waals surface area contributed by atoms with Gasteiger partial charge in [0, 0.05) is 31.5 Å². The minimum Gasteiger partial charge on any atom is -0.465 e. The lowest BCUT2D eigenvalue weighted by Gasteiger charge is -2.19. The Morgan fingerprint density at radius 1 is 1.19 bits per heavy atom. The van der Waals surface area contributed by atoms with Crippen LogP contribution in [0.4, 0.5) is 11.4 Å². The third kappa shape index (κ3) is 5.74. The number of rotatable bonds is 7. The molecule has 2 N–H and O–H groups in total. The van der Waals surface area contributed by atoms with Gasteiger partial charge in [-0.3, -0.25) is 0 Å². The molecule has 0 heterocycles. The second kappa shape index (κ2) is 9.77. The molecule has 0 saturated heterocycles. The predicted octanol–water partition coefficient (Wildman–Crippen LogP) is 3.59. The summed E-state index contributed by atoms with van der Waals surface area (Å²) in [6.45, 7) is 3.65. The van der Waals surface area contributed by atoms with E-state index in [-0.39, 0.29) is 5.97 Å². The zero-order chi connectivity index (χ0) is 18.9. The molecule has 0 aliphatic carbocycles. The van der Waals surface area contributed by atoms with Gasteiger partial charge in [0.25, 0.3) is 0 Å². The van der Waals surface area contributed by atoms with Crippen molar-refractivity contribution in [2.45, 2.75) is 13.3 Å². The highest BCUT2D eigenvalue weighted by Crippen LogP contribution is 2.17. The molecule has 0 saturated carbocycles. The number of thiocarbonyl (C=S) groups is 1. The fourth-order valence-electron chi connectivity index (χ4n) is 2.50. The Morgan fingerprint density at radius 2 is 1.92 bits per heavy atom. The van der Waals surface area contributed by atoms with E-state index in [4.69, 9.17) is 17.0 Å². The Labute approximate surface area is 160 Å². The van der Waals surface area contributed by atoms with Gasteiger partial charge in [-0.25, -0.2) is 4.79 Å². The van der Waals surface area contributed by atoms with E-state index in [1.165, 1.54) is 12.8 Å². The molecular weight excluding hydrogens is 346 g/mol. The highest BCUT2D eigenvalue weighted by Gasteiger charge is 2.09. The summed E-state index contributed by atoms with van der Waals surface area (Å²) in [7, 11) is 3.45. The third-order valence-corrected chi connectivity index (χ3v) is 4.31. The van der Waals surface area contributed by atoms with Gasteiger partial charge in [-0.1, -0.05) is 24.3 Å². The topological polar surface area (TPSA) is 53.6 Å². The summed E-state index contributed by atoms with van der Waals surface area (Å²) in [4.78, 5) is 13.9. The lowest BCUT2D eigenvalue weighted by molar-refractivity contribution is 0.0601. The Morgan fingerprint density at radius 3 is 2.62 bits per heavy atom. The summed E-state index contributed by atoms with van der Waals surface area (Å²) in [5.41, 5.74) is 3.49. The average Bonchev–Trinajstić information content (AvgIpc) is 2.66. The summed E-state index contributed by atoms with van der Waals surface area (Å²) < 4.78 is 4.75. The molecule has 5 nitrogen and oxygen atoms in total. The molecule has 0 amide bonds. The number of hydrogen-bond donors (Lipinski definition) is 2. The average molecular weight is 372 g/mol. The highest BCUT2D eigenvalue weighted by molar-refractivity contribution is 7.80. The van der Waals surface area contributed by atoms with Crippen molar-refractivity contribution >= 4 is 34.7 Å². The lowest BCUT2D eigenvalue weighted by atomic mass is 10.1. The number of benzene rings is 2. The van der Waals surface area contributed by atoms with E-state index >= 15 is 0 Å². The van der Waals surface area contributed by atoms with Crippen molar-refractivity contribution in [1.82, 2.24) is 5.32 Å². The van der Waals surface area contributed by atoms with E-state index in [0.717, 1.165) is 30.8 Å². The van der Waals surface area contributed by atoms with Crippen LogP contribution >= 0.6 is 12.2 Å². The molecule has 0 aliphatic rings. The van der Waals surface area contributed by atoms with Crippen LogP contribution in [0.5, 0.6) is 0 Å². The summed E-state index contributed by atoms with van der Waals surface area (Å²) >= 11 is 5.35. The molecule has 2 aromatic rings. The number of nitrogens with zero attached hydrogens (tertiary/aromatic N) is 1. The van der Waals surface area contributed by atoms with Crippen LogP contribution in [0.15, 0.2) is 48.5 Å². The second-order valence-electron chi connectivity index (χ2n) is 6.01. The maximum Gasteiger partial charge on any atom is 0.337 e. The number of aryl methyl sites for hydroxylation is 1. The van der Waals surface area contributed by atoms with E-state index in [9.17, 15) is 4.79 Å². The molecule has 138 valence electrons. The van der Waals surface area contributed by atoms with Crippen molar-refractivity contribution in [3.05, 3.63) is 59.7 Å². The molecule has 0 aliphatic heterocycles. The number of esters is 1. The van der Waals surface area contributed by atoms with Crippen molar-refractivity contribution in [3.8, 4) is 0 Å². The molecule has 0 unspecified atom stereocenters. The summed E-state index contributed by atoms with van der Waals surface area (Å²) in [5, 5.41) is 6.89. The first-order valence-corrected chi connectivity index (χ1v) is 8.92. The fourth-order valence-corrected chi connectivity index (χ4v) is 2.71. The van der Waals surface area contributed by atoms with Gasteiger partial charge in [0.1, 0.15) is 0 Å². The van der Waals surface area contributed by atoms with Crippen LogP contribution in [-0.2, 0) is 4.74 Å². The fraction of sp³-hybridized carbons (Fsp3) is 0.300. The number of carbonyl (C=O) groups excluding carboxylic acids is 1. The molecule has 2 rings (SSSR count). The van der Waals surface area contributed by atoms with Gasteiger partial charge in [0.05, 0.1) is 12.7 Å². The molecule has 0 bridgehead atoms. The zero-order valence-electron chi connectivity index (χ0n) is 15.4. The number of methoxy groups -OCH3 is 1. The van der Waals surface area contributed by atoms with Crippen molar-refractivity contribution in [2.75, 3.05) is 37.5 Å².